The average molecular weight is 339 g/mol. The van der Waals surface area contributed by atoms with Crippen molar-refractivity contribution in [2.24, 2.45) is 5.92 Å². The first-order valence-electron chi connectivity index (χ1n) is 9.81. The van der Waals surface area contributed by atoms with Gasteiger partial charge in [-0.3, -0.25) is 0 Å². The third-order valence-electron chi connectivity index (χ3n) is 6.53. The average Bonchev–Trinajstić information content (AvgIpc) is 3.06. The first kappa shape index (κ1) is 17.2. The van der Waals surface area contributed by atoms with Gasteiger partial charge in [-0.1, -0.05) is 31.4 Å². The predicted octanol–water partition coefficient (Wildman–Crippen LogP) is 4.52. The number of hydrogen-bond acceptors (Lipinski definition) is 2. The molecule has 0 radical (unpaired) electrons. The maximum Gasteiger partial charge on any atom is 0.495 e. The summed E-state index contributed by atoms with van der Waals surface area (Å²) >= 11 is 0. The summed E-state index contributed by atoms with van der Waals surface area (Å²) in [5, 5.41) is 1.26. The van der Waals surface area contributed by atoms with Crippen molar-refractivity contribution in [3.8, 4) is 0 Å². The third-order valence-corrected chi connectivity index (χ3v) is 6.53. The van der Waals surface area contributed by atoms with Crippen LogP contribution in [-0.4, -0.2) is 22.9 Å². The Hall–Kier alpha value is -1.26. The van der Waals surface area contributed by atoms with E-state index in [0.29, 0.717) is 0 Å². The van der Waals surface area contributed by atoms with E-state index in [4.69, 9.17) is 9.31 Å². The lowest BCUT2D eigenvalue weighted by molar-refractivity contribution is 0.00578. The molecule has 1 saturated carbocycles. The highest BCUT2D eigenvalue weighted by molar-refractivity contribution is 6.65. The molecule has 0 bridgehead atoms. The standard InChI is InChI=1S/C21H30BNO2/c1-20(2)21(3,4)25-22(24-20)18-11-8-12-19-17(18)13-14-23(19)15-16-9-6-5-7-10-16/h8,11-14,16H,5-7,9-10,15H2,1-4H3. The van der Waals surface area contributed by atoms with Gasteiger partial charge in [-0.05, 0) is 69.4 Å². The van der Waals surface area contributed by atoms with Crippen LogP contribution in [0.25, 0.3) is 10.9 Å². The molecule has 134 valence electrons. The lowest BCUT2D eigenvalue weighted by Crippen LogP contribution is -2.41. The summed E-state index contributed by atoms with van der Waals surface area (Å²) in [4.78, 5) is 0. The largest absolute Gasteiger partial charge is 0.495 e. The van der Waals surface area contributed by atoms with Crippen molar-refractivity contribution in [3.63, 3.8) is 0 Å². The molecular formula is C21H30BNO2. The molecule has 3 nitrogen and oxygen atoms in total. The molecule has 0 unspecified atom stereocenters. The Labute approximate surface area is 151 Å². The zero-order valence-electron chi connectivity index (χ0n) is 16.0. The van der Waals surface area contributed by atoms with Crippen molar-refractivity contribution in [2.45, 2.75) is 77.5 Å². The minimum atomic E-state index is -0.301. The molecule has 0 N–H and O–H groups in total. The van der Waals surface area contributed by atoms with Crippen LogP contribution >= 0.6 is 0 Å². The fourth-order valence-electron chi connectivity index (χ4n) is 4.23. The van der Waals surface area contributed by atoms with Crippen LogP contribution in [0.1, 0.15) is 59.8 Å². The van der Waals surface area contributed by atoms with Crippen LogP contribution < -0.4 is 5.46 Å². The minimum absolute atomic E-state index is 0.292. The SMILES string of the molecule is CC1(C)OB(c2cccc3c2ccn3CC2CCCCC2)OC1(C)C. The molecule has 4 heteroatoms. The van der Waals surface area contributed by atoms with E-state index < -0.39 is 0 Å². The molecule has 1 aliphatic carbocycles. The number of fused-ring (bicyclic) bond motifs is 1. The van der Waals surface area contributed by atoms with Crippen LogP contribution in [0.4, 0.5) is 0 Å². The van der Waals surface area contributed by atoms with Crippen LogP contribution in [0.15, 0.2) is 30.5 Å². The number of aromatic nitrogens is 1. The Kier molecular flexibility index (Phi) is 4.24. The van der Waals surface area contributed by atoms with Crippen LogP contribution in [0, 0.1) is 5.92 Å². The summed E-state index contributed by atoms with van der Waals surface area (Å²) in [7, 11) is -0.292. The molecule has 0 amide bonds. The second-order valence-electron chi connectivity index (χ2n) is 8.84. The highest BCUT2D eigenvalue weighted by Crippen LogP contribution is 2.37. The summed E-state index contributed by atoms with van der Waals surface area (Å²) in [5.74, 6) is 0.824. The molecular weight excluding hydrogens is 309 g/mol. The number of rotatable bonds is 3. The molecule has 1 aromatic carbocycles. The van der Waals surface area contributed by atoms with Crippen LogP contribution in [0.3, 0.4) is 0 Å². The molecule has 1 aromatic heterocycles. The molecule has 2 fully saturated rings. The van der Waals surface area contributed by atoms with E-state index in [1.807, 2.05) is 0 Å². The van der Waals surface area contributed by atoms with Crippen molar-refractivity contribution >= 4 is 23.5 Å². The maximum absolute atomic E-state index is 6.29. The summed E-state index contributed by atoms with van der Waals surface area (Å²) in [5.41, 5.74) is 1.85. The van der Waals surface area contributed by atoms with E-state index in [1.165, 1.54) is 43.0 Å². The van der Waals surface area contributed by atoms with Crippen molar-refractivity contribution in [1.82, 2.24) is 4.57 Å². The second-order valence-corrected chi connectivity index (χ2v) is 8.84. The second kappa shape index (κ2) is 6.17. The minimum Gasteiger partial charge on any atom is -0.399 e. The van der Waals surface area contributed by atoms with Gasteiger partial charge in [0.15, 0.2) is 0 Å². The van der Waals surface area contributed by atoms with E-state index >= 15 is 0 Å². The Bertz CT molecular complexity index is 742. The van der Waals surface area contributed by atoms with Gasteiger partial charge in [-0.2, -0.15) is 0 Å². The number of hydrogen-bond donors (Lipinski definition) is 0. The van der Waals surface area contributed by atoms with Gasteiger partial charge < -0.3 is 13.9 Å². The van der Waals surface area contributed by atoms with Crippen molar-refractivity contribution < 1.29 is 9.31 Å². The van der Waals surface area contributed by atoms with Crippen molar-refractivity contribution in [2.75, 3.05) is 0 Å². The van der Waals surface area contributed by atoms with E-state index in [0.717, 1.165) is 17.9 Å². The zero-order valence-corrected chi connectivity index (χ0v) is 16.0. The van der Waals surface area contributed by atoms with Gasteiger partial charge in [-0.15, -0.1) is 0 Å². The summed E-state index contributed by atoms with van der Waals surface area (Å²) in [6.07, 6.45) is 9.18. The molecule has 2 heterocycles. The fraction of sp³-hybridized carbons (Fsp3) is 0.619. The molecule has 2 aromatic rings. The highest BCUT2D eigenvalue weighted by atomic mass is 16.7. The summed E-state index contributed by atoms with van der Waals surface area (Å²) in [6, 6.07) is 8.75. The Balaban J connectivity index is 1.63. The third kappa shape index (κ3) is 3.04. The van der Waals surface area contributed by atoms with Crippen molar-refractivity contribution in [3.05, 3.63) is 30.5 Å². The number of nitrogens with zero attached hydrogens (tertiary/aromatic N) is 1. The zero-order chi connectivity index (χ0) is 17.7. The Morgan fingerprint density at radius 3 is 2.36 bits per heavy atom. The van der Waals surface area contributed by atoms with Gasteiger partial charge in [0.05, 0.1) is 11.2 Å². The van der Waals surface area contributed by atoms with E-state index in [2.05, 4.69) is 62.7 Å². The van der Waals surface area contributed by atoms with E-state index in [9.17, 15) is 0 Å². The molecule has 1 saturated heterocycles. The van der Waals surface area contributed by atoms with Gasteiger partial charge in [0.1, 0.15) is 0 Å². The van der Waals surface area contributed by atoms with E-state index in [-0.39, 0.29) is 18.3 Å². The Morgan fingerprint density at radius 2 is 1.68 bits per heavy atom. The lowest BCUT2D eigenvalue weighted by Gasteiger charge is -2.32. The first-order chi connectivity index (χ1) is 11.9. The molecule has 0 spiro atoms. The summed E-state index contributed by atoms with van der Waals surface area (Å²) < 4.78 is 15.0. The van der Waals surface area contributed by atoms with Gasteiger partial charge >= 0.3 is 7.12 Å². The predicted molar refractivity (Wildman–Crippen MR) is 104 cm³/mol. The maximum atomic E-state index is 6.29. The van der Waals surface area contributed by atoms with E-state index in [1.54, 1.807) is 0 Å². The first-order valence-corrected chi connectivity index (χ1v) is 9.81. The normalized spacial score (nSPS) is 23.4. The van der Waals surface area contributed by atoms with Gasteiger partial charge in [0.25, 0.3) is 0 Å². The molecule has 2 aliphatic rings. The topological polar surface area (TPSA) is 23.4 Å². The van der Waals surface area contributed by atoms with Crippen molar-refractivity contribution in [1.29, 1.82) is 0 Å². The molecule has 1 aliphatic heterocycles. The molecule has 25 heavy (non-hydrogen) atoms. The smallest absolute Gasteiger partial charge is 0.399 e. The fourth-order valence-corrected chi connectivity index (χ4v) is 4.23. The number of benzene rings is 1. The molecule has 4 rings (SSSR count). The summed E-state index contributed by atoms with van der Waals surface area (Å²) in [6.45, 7) is 9.59. The van der Waals surface area contributed by atoms with Gasteiger partial charge in [-0.25, -0.2) is 0 Å². The highest BCUT2D eigenvalue weighted by Gasteiger charge is 2.52. The monoisotopic (exact) mass is 339 g/mol. The molecule has 0 atom stereocenters. The Morgan fingerprint density at radius 1 is 1.00 bits per heavy atom. The van der Waals surface area contributed by atoms with Gasteiger partial charge in [0.2, 0.25) is 0 Å². The quantitative estimate of drug-likeness (QED) is 0.768. The van der Waals surface area contributed by atoms with Crippen LogP contribution in [0.2, 0.25) is 0 Å². The lowest BCUT2D eigenvalue weighted by atomic mass is 9.77. The van der Waals surface area contributed by atoms with Crippen LogP contribution in [0.5, 0.6) is 0 Å². The van der Waals surface area contributed by atoms with Crippen LogP contribution in [-0.2, 0) is 15.9 Å². The van der Waals surface area contributed by atoms with Gasteiger partial charge in [0, 0.05) is 18.3 Å².